The summed E-state index contributed by atoms with van der Waals surface area (Å²) in [5.74, 6) is 1.76. The summed E-state index contributed by atoms with van der Waals surface area (Å²) in [6.07, 6.45) is 4.66. The number of anilines is 1. The molecule has 1 aromatic rings. The van der Waals surface area contributed by atoms with Crippen molar-refractivity contribution in [1.29, 1.82) is 0 Å². The van der Waals surface area contributed by atoms with E-state index >= 15 is 0 Å². The molecule has 0 saturated carbocycles. The zero-order chi connectivity index (χ0) is 12.7. The lowest BCUT2D eigenvalue weighted by atomic mass is 10.1. The molecule has 0 bridgehead atoms. The monoisotopic (exact) mass is 261 g/mol. The molecule has 1 aliphatic heterocycles. The zero-order valence-corrected chi connectivity index (χ0v) is 11.6. The second-order valence-corrected chi connectivity index (χ2v) is 5.96. The standard InChI is InChI=1S/C14H19N3S/c1-9-5-6-17(8-9)14-11(13(15)18)7-10-3-2-4-12(10)16-14/h7,9H,2-6,8H2,1H3,(H2,15,18). The Labute approximate surface area is 113 Å². The molecule has 0 aromatic carbocycles. The van der Waals surface area contributed by atoms with E-state index < -0.39 is 0 Å². The van der Waals surface area contributed by atoms with E-state index in [-0.39, 0.29) is 0 Å². The number of hydrogen-bond donors (Lipinski definition) is 1. The van der Waals surface area contributed by atoms with Crippen LogP contribution in [0.25, 0.3) is 0 Å². The number of rotatable bonds is 2. The molecule has 96 valence electrons. The Morgan fingerprint density at radius 3 is 3.00 bits per heavy atom. The number of hydrogen-bond acceptors (Lipinski definition) is 3. The maximum Gasteiger partial charge on any atom is 0.139 e. The van der Waals surface area contributed by atoms with Gasteiger partial charge >= 0.3 is 0 Å². The minimum absolute atomic E-state index is 0.478. The largest absolute Gasteiger partial charge is 0.389 e. The number of nitrogens with two attached hydrogens (primary N) is 1. The van der Waals surface area contributed by atoms with Gasteiger partial charge in [0, 0.05) is 18.8 Å². The Morgan fingerprint density at radius 2 is 2.33 bits per heavy atom. The van der Waals surface area contributed by atoms with Crippen molar-refractivity contribution in [3.63, 3.8) is 0 Å². The fourth-order valence-corrected chi connectivity index (χ4v) is 3.16. The van der Waals surface area contributed by atoms with Crippen LogP contribution in [0.3, 0.4) is 0 Å². The minimum atomic E-state index is 0.478. The van der Waals surface area contributed by atoms with Gasteiger partial charge in [-0.1, -0.05) is 19.1 Å². The van der Waals surface area contributed by atoms with Gasteiger partial charge in [0.1, 0.15) is 10.8 Å². The fourth-order valence-electron chi connectivity index (χ4n) is 3.01. The second-order valence-electron chi connectivity index (χ2n) is 5.52. The lowest BCUT2D eigenvalue weighted by molar-refractivity contribution is 0.658. The average Bonchev–Trinajstić information content (AvgIpc) is 2.94. The molecule has 1 aliphatic carbocycles. The summed E-state index contributed by atoms with van der Waals surface area (Å²) in [7, 11) is 0. The van der Waals surface area contributed by atoms with Gasteiger partial charge in [0.05, 0.1) is 5.56 Å². The third-order valence-corrected chi connectivity index (χ3v) is 4.24. The Hall–Kier alpha value is -1.16. The van der Waals surface area contributed by atoms with Gasteiger partial charge in [-0.15, -0.1) is 0 Å². The van der Waals surface area contributed by atoms with Crippen LogP contribution in [0, 0.1) is 5.92 Å². The number of nitrogens with zero attached hydrogens (tertiary/aromatic N) is 2. The molecule has 18 heavy (non-hydrogen) atoms. The molecular formula is C14H19N3S. The highest BCUT2D eigenvalue weighted by Gasteiger charge is 2.25. The van der Waals surface area contributed by atoms with Crippen molar-refractivity contribution < 1.29 is 0 Å². The van der Waals surface area contributed by atoms with E-state index in [4.69, 9.17) is 22.9 Å². The zero-order valence-electron chi connectivity index (χ0n) is 10.8. The van der Waals surface area contributed by atoms with Crippen LogP contribution in [0.4, 0.5) is 5.82 Å². The van der Waals surface area contributed by atoms with Crippen LogP contribution in [0.1, 0.15) is 36.6 Å². The van der Waals surface area contributed by atoms with Crippen LogP contribution < -0.4 is 10.6 Å². The summed E-state index contributed by atoms with van der Waals surface area (Å²) < 4.78 is 0. The highest BCUT2D eigenvalue weighted by Crippen LogP contribution is 2.30. The van der Waals surface area contributed by atoms with Crippen molar-refractivity contribution in [2.75, 3.05) is 18.0 Å². The molecular weight excluding hydrogens is 242 g/mol. The molecule has 0 amide bonds. The number of aromatic nitrogens is 1. The molecule has 0 radical (unpaired) electrons. The fraction of sp³-hybridized carbons (Fsp3) is 0.571. The Bertz CT molecular complexity index is 498. The highest BCUT2D eigenvalue weighted by atomic mass is 32.1. The summed E-state index contributed by atoms with van der Waals surface area (Å²) >= 11 is 5.20. The van der Waals surface area contributed by atoms with Gasteiger partial charge in [-0.05, 0) is 43.2 Å². The van der Waals surface area contributed by atoms with E-state index in [0.717, 1.165) is 43.2 Å². The first-order valence-electron chi connectivity index (χ1n) is 6.72. The van der Waals surface area contributed by atoms with E-state index in [1.165, 1.54) is 24.1 Å². The first kappa shape index (κ1) is 11.9. The van der Waals surface area contributed by atoms with Crippen molar-refractivity contribution in [2.45, 2.75) is 32.6 Å². The normalized spacial score (nSPS) is 22.3. The predicted octanol–water partition coefficient (Wildman–Crippen LogP) is 2.05. The van der Waals surface area contributed by atoms with E-state index in [9.17, 15) is 0 Å². The third-order valence-electron chi connectivity index (χ3n) is 4.02. The third kappa shape index (κ3) is 1.99. The summed E-state index contributed by atoms with van der Waals surface area (Å²) in [6.45, 7) is 4.43. The molecule has 2 aliphatic rings. The Morgan fingerprint density at radius 1 is 1.50 bits per heavy atom. The second kappa shape index (κ2) is 4.50. The van der Waals surface area contributed by atoms with E-state index in [1.54, 1.807) is 0 Å². The smallest absolute Gasteiger partial charge is 0.139 e. The maximum absolute atomic E-state index is 5.88. The molecule has 3 nitrogen and oxygen atoms in total. The molecule has 2 heterocycles. The summed E-state index contributed by atoms with van der Waals surface area (Å²) in [6, 6.07) is 2.18. The summed E-state index contributed by atoms with van der Waals surface area (Å²) in [5, 5.41) is 0. The molecule has 1 saturated heterocycles. The summed E-state index contributed by atoms with van der Waals surface area (Å²) in [4.78, 5) is 7.67. The molecule has 1 atom stereocenters. The van der Waals surface area contributed by atoms with Gasteiger partial charge in [-0.2, -0.15) is 0 Å². The van der Waals surface area contributed by atoms with Gasteiger partial charge in [-0.3, -0.25) is 0 Å². The molecule has 0 spiro atoms. The van der Waals surface area contributed by atoms with Gasteiger partial charge < -0.3 is 10.6 Å². The Kier molecular flexibility index (Phi) is 2.98. The number of aryl methyl sites for hydroxylation is 2. The molecule has 2 N–H and O–H groups in total. The van der Waals surface area contributed by atoms with Crippen LogP contribution in [-0.2, 0) is 12.8 Å². The summed E-state index contributed by atoms with van der Waals surface area (Å²) in [5.41, 5.74) is 9.44. The van der Waals surface area contributed by atoms with Crippen LogP contribution in [0.2, 0.25) is 0 Å². The first-order valence-corrected chi connectivity index (χ1v) is 7.13. The average molecular weight is 261 g/mol. The predicted molar refractivity (Wildman–Crippen MR) is 78.1 cm³/mol. The number of thiocarbonyl (C=S) groups is 1. The van der Waals surface area contributed by atoms with E-state index in [0.29, 0.717) is 4.99 Å². The van der Waals surface area contributed by atoms with Gasteiger partial charge in [0.2, 0.25) is 0 Å². The van der Waals surface area contributed by atoms with Crippen LogP contribution in [0.5, 0.6) is 0 Å². The first-order chi connectivity index (χ1) is 8.65. The van der Waals surface area contributed by atoms with Crippen molar-refractivity contribution in [1.82, 2.24) is 4.98 Å². The SMILES string of the molecule is CC1CCN(c2nc3c(cc2C(N)=S)CCC3)C1. The van der Waals surface area contributed by atoms with Gasteiger partial charge in [0.15, 0.2) is 0 Å². The van der Waals surface area contributed by atoms with Crippen LogP contribution in [-0.4, -0.2) is 23.1 Å². The molecule has 4 heteroatoms. The number of fused-ring (bicyclic) bond motifs is 1. The maximum atomic E-state index is 5.88. The quantitative estimate of drug-likeness (QED) is 0.827. The van der Waals surface area contributed by atoms with Crippen LogP contribution >= 0.6 is 12.2 Å². The molecule has 1 unspecified atom stereocenters. The van der Waals surface area contributed by atoms with E-state index in [2.05, 4.69) is 17.9 Å². The van der Waals surface area contributed by atoms with Gasteiger partial charge in [-0.25, -0.2) is 4.98 Å². The molecule has 1 fully saturated rings. The van der Waals surface area contributed by atoms with E-state index in [1.807, 2.05) is 0 Å². The van der Waals surface area contributed by atoms with Crippen molar-refractivity contribution >= 4 is 23.0 Å². The van der Waals surface area contributed by atoms with Crippen molar-refractivity contribution in [3.8, 4) is 0 Å². The number of pyridine rings is 1. The highest BCUT2D eigenvalue weighted by molar-refractivity contribution is 7.80. The lowest BCUT2D eigenvalue weighted by Gasteiger charge is -2.21. The molecule has 3 rings (SSSR count). The molecule has 1 aromatic heterocycles. The van der Waals surface area contributed by atoms with Crippen molar-refractivity contribution in [2.24, 2.45) is 11.7 Å². The van der Waals surface area contributed by atoms with Crippen LogP contribution in [0.15, 0.2) is 6.07 Å². The van der Waals surface area contributed by atoms with Crippen molar-refractivity contribution in [3.05, 3.63) is 22.9 Å². The minimum Gasteiger partial charge on any atom is -0.389 e. The topological polar surface area (TPSA) is 42.2 Å². The Balaban J connectivity index is 2.04. The van der Waals surface area contributed by atoms with Gasteiger partial charge in [0.25, 0.3) is 0 Å². The lowest BCUT2D eigenvalue weighted by Crippen LogP contribution is -2.25.